The Balaban J connectivity index is 1.32. The Hall–Kier alpha value is -2.93. The van der Waals surface area contributed by atoms with E-state index in [1.165, 1.54) is 16.8 Å². The Kier molecular flexibility index (Phi) is 7.61. The molecule has 4 aliphatic rings. The quantitative estimate of drug-likeness (QED) is 0.604. The highest BCUT2D eigenvalue weighted by atomic mass is 16.5. The smallest absolute Gasteiger partial charge is 0.319 e. The number of fused-ring (bicyclic) bond motifs is 2. The van der Waals surface area contributed by atoms with Crippen molar-refractivity contribution in [2.45, 2.75) is 63.3 Å². The molecule has 1 N–H and O–H groups in total. The van der Waals surface area contributed by atoms with Crippen LogP contribution in [0.3, 0.4) is 0 Å². The highest BCUT2D eigenvalue weighted by Crippen LogP contribution is 2.37. The number of hydrogen-bond acceptors (Lipinski definition) is 9. The SMILES string of the molecule is CO[C@@H]1CN(C)C[C@H]1Oc1nc2c(c(N3CCN[C@@H](CC#N)C3)n1)CCC(N1C[C@H](C)Cc3ccccc31)C2. The van der Waals surface area contributed by atoms with E-state index in [1.54, 1.807) is 7.11 Å². The molecule has 2 saturated heterocycles. The van der Waals surface area contributed by atoms with Crippen molar-refractivity contribution < 1.29 is 9.47 Å². The van der Waals surface area contributed by atoms with Gasteiger partial charge in [0.05, 0.1) is 18.2 Å². The summed E-state index contributed by atoms with van der Waals surface area (Å²) in [6.07, 6.45) is 4.44. The number of para-hydroxylation sites is 1. The summed E-state index contributed by atoms with van der Waals surface area (Å²) in [4.78, 5) is 17.3. The van der Waals surface area contributed by atoms with Gasteiger partial charge in [0, 0.05) is 76.1 Å². The summed E-state index contributed by atoms with van der Waals surface area (Å²) in [7, 11) is 3.84. The molecule has 9 nitrogen and oxygen atoms in total. The summed E-state index contributed by atoms with van der Waals surface area (Å²) in [6, 6.07) is 12.2. The number of methoxy groups -OCH3 is 1. The summed E-state index contributed by atoms with van der Waals surface area (Å²) < 4.78 is 12.2. The molecule has 208 valence electrons. The molecule has 4 heterocycles. The van der Waals surface area contributed by atoms with Gasteiger partial charge in [-0.2, -0.15) is 15.2 Å². The largest absolute Gasteiger partial charge is 0.456 e. The standard InChI is InChI=1S/C30H41N7O2/c1-20-14-21-6-4-5-7-26(21)37(16-20)23-8-9-24-25(15-23)33-30(39-28-19-35(2)18-27(28)38-3)34-29(24)36-13-12-32-22(17-36)10-11-31/h4-7,20,22-23,27-28,32H,8-10,12-19H2,1-3H3/t20-,22+,23?,27-,28-/m1/s1. The Bertz CT molecular complexity index is 1220. The number of benzene rings is 1. The highest BCUT2D eigenvalue weighted by molar-refractivity contribution is 5.58. The summed E-state index contributed by atoms with van der Waals surface area (Å²) in [5.74, 6) is 1.62. The molecule has 0 saturated carbocycles. The fourth-order valence-corrected chi connectivity index (χ4v) is 6.98. The van der Waals surface area contributed by atoms with E-state index in [2.05, 4.69) is 64.3 Å². The van der Waals surface area contributed by atoms with Crippen LogP contribution in [0.25, 0.3) is 0 Å². The Morgan fingerprint density at radius 2 is 1.95 bits per heavy atom. The van der Waals surface area contributed by atoms with E-state index in [1.807, 2.05) is 0 Å². The molecular weight excluding hydrogens is 490 g/mol. The van der Waals surface area contributed by atoms with Crippen molar-refractivity contribution in [3.8, 4) is 12.1 Å². The number of likely N-dealkylation sites (tertiary alicyclic amines) is 1. The van der Waals surface area contributed by atoms with E-state index in [0.29, 0.717) is 24.4 Å². The summed E-state index contributed by atoms with van der Waals surface area (Å²) in [5.41, 5.74) is 5.20. The number of hydrogen-bond donors (Lipinski definition) is 1. The van der Waals surface area contributed by atoms with Gasteiger partial charge in [0.1, 0.15) is 18.0 Å². The number of ether oxygens (including phenoxy) is 2. The molecule has 2 fully saturated rings. The molecule has 0 spiro atoms. The van der Waals surface area contributed by atoms with Crippen LogP contribution in [0.4, 0.5) is 11.5 Å². The van der Waals surface area contributed by atoms with E-state index >= 15 is 0 Å². The number of nitrogens with zero attached hydrogens (tertiary/aromatic N) is 6. The molecular formula is C30H41N7O2. The Morgan fingerprint density at radius 1 is 1.10 bits per heavy atom. The van der Waals surface area contributed by atoms with Crippen LogP contribution in [0.15, 0.2) is 24.3 Å². The van der Waals surface area contributed by atoms with Crippen molar-refractivity contribution in [2.24, 2.45) is 5.92 Å². The van der Waals surface area contributed by atoms with Crippen LogP contribution in [0.1, 0.15) is 36.6 Å². The lowest BCUT2D eigenvalue weighted by molar-refractivity contribution is 0.0297. The molecule has 1 unspecified atom stereocenters. The predicted octanol–water partition coefficient (Wildman–Crippen LogP) is 2.43. The first-order chi connectivity index (χ1) is 19.0. The lowest BCUT2D eigenvalue weighted by Crippen LogP contribution is -2.51. The maximum Gasteiger partial charge on any atom is 0.319 e. The third kappa shape index (κ3) is 5.43. The molecule has 1 aromatic heterocycles. The molecule has 0 bridgehead atoms. The highest BCUT2D eigenvalue weighted by Gasteiger charge is 2.36. The number of likely N-dealkylation sites (N-methyl/N-ethyl adjacent to an activating group) is 1. The van der Waals surface area contributed by atoms with Crippen LogP contribution < -0.4 is 19.9 Å². The molecule has 0 radical (unpaired) electrons. The number of nitriles is 1. The van der Waals surface area contributed by atoms with Crippen LogP contribution in [0.2, 0.25) is 0 Å². The molecule has 5 atom stereocenters. The first-order valence-electron chi connectivity index (χ1n) is 14.5. The van der Waals surface area contributed by atoms with E-state index in [0.717, 1.165) is 76.5 Å². The molecule has 39 heavy (non-hydrogen) atoms. The van der Waals surface area contributed by atoms with E-state index in [9.17, 15) is 5.26 Å². The van der Waals surface area contributed by atoms with Crippen LogP contribution >= 0.6 is 0 Å². The lowest BCUT2D eigenvalue weighted by atomic mass is 9.86. The van der Waals surface area contributed by atoms with Crippen molar-refractivity contribution in [1.29, 1.82) is 5.26 Å². The van der Waals surface area contributed by atoms with E-state index in [4.69, 9.17) is 19.4 Å². The van der Waals surface area contributed by atoms with E-state index < -0.39 is 0 Å². The fourth-order valence-electron chi connectivity index (χ4n) is 6.98. The second-order valence-electron chi connectivity index (χ2n) is 11.9. The second-order valence-corrected chi connectivity index (χ2v) is 11.9. The topological polar surface area (TPSA) is 89.8 Å². The monoisotopic (exact) mass is 531 g/mol. The minimum atomic E-state index is -0.102. The van der Waals surface area contributed by atoms with Crippen molar-refractivity contribution in [1.82, 2.24) is 20.2 Å². The van der Waals surface area contributed by atoms with Crippen molar-refractivity contribution >= 4 is 11.5 Å². The van der Waals surface area contributed by atoms with Gasteiger partial charge in [0.25, 0.3) is 0 Å². The van der Waals surface area contributed by atoms with Gasteiger partial charge in [0.2, 0.25) is 0 Å². The zero-order chi connectivity index (χ0) is 26.9. The average molecular weight is 532 g/mol. The lowest BCUT2D eigenvalue weighted by Gasteiger charge is -2.43. The van der Waals surface area contributed by atoms with Gasteiger partial charge in [-0.15, -0.1) is 0 Å². The number of anilines is 2. The summed E-state index contributed by atoms with van der Waals surface area (Å²) in [6.45, 7) is 7.53. The predicted molar refractivity (Wildman–Crippen MR) is 151 cm³/mol. The van der Waals surface area contributed by atoms with Crippen molar-refractivity contribution in [3.63, 3.8) is 0 Å². The van der Waals surface area contributed by atoms with Gasteiger partial charge in [-0.3, -0.25) is 4.90 Å². The molecule has 9 heteroatoms. The minimum absolute atomic E-state index is 0.00337. The summed E-state index contributed by atoms with van der Waals surface area (Å²) >= 11 is 0. The maximum atomic E-state index is 9.31. The number of aromatic nitrogens is 2. The van der Waals surface area contributed by atoms with Crippen molar-refractivity contribution in [2.75, 3.05) is 63.2 Å². The molecule has 1 aliphatic carbocycles. The second kappa shape index (κ2) is 11.3. The Morgan fingerprint density at radius 3 is 2.79 bits per heavy atom. The molecule has 2 aromatic rings. The van der Waals surface area contributed by atoms with Crippen LogP contribution in [-0.2, 0) is 24.0 Å². The van der Waals surface area contributed by atoms with Crippen LogP contribution in [-0.4, -0.2) is 92.6 Å². The van der Waals surface area contributed by atoms with Gasteiger partial charge in [-0.25, -0.2) is 0 Å². The number of rotatable bonds is 6. The van der Waals surface area contributed by atoms with Crippen molar-refractivity contribution in [3.05, 3.63) is 41.1 Å². The zero-order valence-corrected chi connectivity index (χ0v) is 23.5. The van der Waals surface area contributed by atoms with Gasteiger partial charge in [-0.05, 0) is 43.9 Å². The normalized spacial score (nSPS) is 29.0. The van der Waals surface area contributed by atoms with Gasteiger partial charge in [0.15, 0.2) is 0 Å². The fraction of sp³-hybridized carbons (Fsp3) is 0.633. The third-order valence-corrected chi connectivity index (χ3v) is 8.88. The van der Waals surface area contributed by atoms with Gasteiger partial charge >= 0.3 is 6.01 Å². The summed E-state index contributed by atoms with van der Waals surface area (Å²) in [5, 5.41) is 12.8. The zero-order valence-electron chi connectivity index (χ0n) is 23.5. The molecule has 1 aromatic carbocycles. The maximum absolute atomic E-state index is 9.31. The minimum Gasteiger partial charge on any atom is -0.456 e. The number of piperazine rings is 1. The molecule has 6 rings (SSSR count). The molecule has 0 amide bonds. The van der Waals surface area contributed by atoms with Crippen LogP contribution in [0, 0.1) is 17.2 Å². The number of nitrogens with one attached hydrogen (secondary N) is 1. The average Bonchev–Trinajstić information content (AvgIpc) is 3.30. The van der Waals surface area contributed by atoms with Gasteiger partial charge < -0.3 is 24.6 Å². The first kappa shape index (κ1) is 26.3. The Labute approximate surface area is 232 Å². The third-order valence-electron chi connectivity index (χ3n) is 8.88. The molecule has 3 aliphatic heterocycles. The van der Waals surface area contributed by atoms with Crippen LogP contribution in [0.5, 0.6) is 6.01 Å². The van der Waals surface area contributed by atoms with E-state index in [-0.39, 0.29) is 18.2 Å². The first-order valence-corrected chi connectivity index (χ1v) is 14.5. The van der Waals surface area contributed by atoms with Gasteiger partial charge in [-0.1, -0.05) is 25.1 Å².